The topological polar surface area (TPSA) is 41.1 Å². The minimum atomic E-state index is -0.406. The van der Waals surface area contributed by atoms with Gasteiger partial charge in [-0.2, -0.15) is 0 Å². The summed E-state index contributed by atoms with van der Waals surface area (Å²) in [5, 5.41) is 6.08. The Bertz CT molecular complexity index is 459. The van der Waals surface area contributed by atoms with Crippen molar-refractivity contribution in [3.8, 4) is 0 Å². The van der Waals surface area contributed by atoms with Crippen molar-refractivity contribution in [3.63, 3.8) is 0 Å². The maximum absolute atomic E-state index is 13.4. The average molecular weight is 287 g/mol. The molecule has 1 atom stereocenters. The van der Waals surface area contributed by atoms with Crippen LogP contribution in [0.25, 0.3) is 0 Å². The van der Waals surface area contributed by atoms with E-state index in [1.807, 2.05) is 6.92 Å². The van der Waals surface area contributed by atoms with E-state index in [0.717, 1.165) is 19.4 Å². The Morgan fingerprint density at radius 3 is 2.84 bits per heavy atom. The van der Waals surface area contributed by atoms with Crippen LogP contribution in [0.4, 0.5) is 10.1 Å². The second-order valence-corrected chi connectivity index (χ2v) is 5.21. The molecule has 2 rings (SSSR count). The molecule has 19 heavy (non-hydrogen) atoms. The number of carbonyl (C=O) groups excluding carboxylic acids is 1. The van der Waals surface area contributed by atoms with Gasteiger partial charge in [0.05, 0.1) is 5.41 Å². The Kier molecular flexibility index (Phi) is 5.32. The van der Waals surface area contributed by atoms with Crippen LogP contribution >= 0.6 is 12.4 Å². The molecule has 1 saturated heterocycles. The Hall–Kier alpha value is -1.13. The van der Waals surface area contributed by atoms with Gasteiger partial charge in [-0.1, -0.05) is 6.07 Å². The lowest BCUT2D eigenvalue weighted by molar-refractivity contribution is -0.125. The minimum absolute atomic E-state index is 0. The van der Waals surface area contributed by atoms with Crippen LogP contribution in [0.1, 0.15) is 25.3 Å². The van der Waals surface area contributed by atoms with E-state index in [1.54, 1.807) is 19.1 Å². The molecule has 2 N–H and O–H groups in total. The number of piperidine rings is 1. The normalized spacial score (nSPS) is 22.5. The van der Waals surface area contributed by atoms with Crippen LogP contribution in [-0.4, -0.2) is 19.0 Å². The zero-order chi connectivity index (χ0) is 13.2. The van der Waals surface area contributed by atoms with Crippen molar-refractivity contribution in [3.05, 3.63) is 29.6 Å². The Labute approximate surface area is 119 Å². The largest absolute Gasteiger partial charge is 0.325 e. The molecule has 1 heterocycles. The molecule has 1 aromatic rings. The maximum atomic E-state index is 13.4. The molecule has 0 saturated carbocycles. The fourth-order valence-corrected chi connectivity index (χ4v) is 2.27. The number of benzene rings is 1. The number of nitrogens with one attached hydrogen (secondary N) is 2. The summed E-state index contributed by atoms with van der Waals surface area (Å²) in [7, 11) is 0. The first kappa shape index (κ1) is 15.9. The third-order valence-corrected chi connectivity index (χ3v) is 3.66. The molecule has 1 unspecified atom stereocenters. The number of rotatable bonds is 2. The quantitative estimate of drug-likeness (QED) is 0.878. The zero-order valence-electron chi connectivity index (χ0n) is 11.3. The molecule has 0 radical (unpaired) electrons. The van der Waals surface area contributed by atoms with Gasteiger partial charge in [0.15, 0.2) is 0 Å². The second-order valence-electron chi connectivity index (χ2n) is 5.21. The number of hydrogen-bond donors (Lipinski definition) is 2. The van der Waals surface area contributed by atoms with Gasteiger partial charge in [-0.15, -0.1) is 12.4 Å². The number of carbonyl (C=O) groups is 1. The van der Waals surface area contributed by atoms with Crippen LogP contribution in [0, 0.1) is 18.2 Å². The van der Waals surface area contributed by atoms with E-state index >= 15 is 0 Å². The summed E-state index contributed by atoms with van der Waals surface area (Å²) < 4.78 is 13.4. The van der Waals surface area contributed by atoms with Crippen LogP contribution in [0.5, 0.6) is 0 Å². The highest BCUT2D eigenvalue weighted by Gasteiger charge is 2.34. The first-order valence-electron chi connectivity index (χ1n) is 6.30. The molecule has 106 valence electrons. The molecule has 5 heteroatoms. The predicted octanol–water partition coefficient (Wildman–Crippen LogP) is 2.88. The highest BCUT2D eigenvalue weighted by molar-refractivity contribution is 5.95. The van der Waals surface area contributed by atoms with E-state index in [4.69, 9.17) is 0 Å². The number of hydrogen-bond acceptors (Lipinski definition) is 2. The van der Waals surface area contributed by atoms with Crippen molar-refractivity contribution in [1.82, 2.24) is 5.32 Å². The van der Waals surface area contributed by atoms with Crippen LogP contribution < -0.4 is 10.6 Å². The minimum Gasteiger partial charge on any atom is -0.325 e. The van der Waals surface area contributed by atoms with Crippen molar-refractivity contribution < 1.29 is 9.18 Å². The molecular formula is C14H20ClFN2O. The SMILES string of the molecule is Cc1c(F)cccc1NC(=O)C1(C)CCCNC1.Cl. The van der Waals surface area contributed by atoms with Crippen molar-refractivity contribution in [1.29, 1.82) is 0 Å². The average Bonchev–Trinajstić information content (AvgIpc) is 2.36. The second kappa shape index (κ2) is 6.35. The molecule has 1 fully saturated rings. The van der Waals surface area contributed by atoms with E-state index in [9.17, 15) is 9.18 Å². The summed E-state index contributed by atoms with van der Waals surface area (Å²) in [6.07, 6.45) is 1.85. The lowest BCUT2D eigenvalue weighted by Crippen LogP contribution is -2.46. The Balaban J connectivity index is 0.00000180. The Morgan fingerprint density at radius 2 is 2.21 bits per heavy atom. The third-order valence-electron chi connectivity index (χ3n) is 3.66. The van der Waals surface area contributed by atoms with E-state index in [-0.39, 0.29) is 24.1 Å². The first-order chi connectivity index (χ1) is 8.53. The molecule has 0 aromatic heterocycles. The molecule has 1 aliphatic heterocycles. The first-order valence-corrected chi connectivity index (χ1v) is 6.30. The van der Waals surface area contributed by atoms with Gasteiger partial charge in [0.25, 0.3) is 0 Å². The highest BCUT2D eigenvalue weighted by atomic mass is 35.5. The molecule has 1 amide bonds. The number of anilines is 1. The van der Waals surface area contributed by atoms with Gasteiger partial charge in [0.2, 0.25) is 5.91 Å². The maximum Gasteiger partial charge on any atom is 0.231 e. The fraction of sp³-hybridized carbons (Fsp3) is 0.500. The summed E-state index contributed by atoms with van der Waals surface area (Å²) in [5.74, 6) is -0.330. The molecule has 0 spiro atoms. The van der Waals surface area contributed by atoms with Crippen LogP contribution in [0.3, 0.4) is 0 Å². The van der Waals surface area contributed by atoms with Crippen molar-refractivity contribution >= 4 is 24.0 Å². The monoisotopic (exact) mass is 286 g/mol. The summed E-state index contributed by atoms with van der Waals surface area (Å²) in [4.78, 5) is 12.3. The standard InChI is InChI=1S/C14H19FN2O.ClH/c1-10-11(15)5-3-6-12(10)17-13(18)14(2)7-4-8-16-9-14;/h3,5-6,16H,4,7-9H2,1-2H3,(H,17,18);1H. The molecule has 1 aromatic carbocycles. The smallest absolute Gasteiger partial charge is 0.231 e. The Morgan fingerprint density at radius 1 is 1.47 bits per heavy atom. The van der Waals surface area contributed by atoms with Crippen molar-refractivity contribution in [2.75, 3.05) is 18.4 Å². The lowest BCUT2D eigenvalue weighted by Gasteiger charge is -2.32. The fourth-order valence-electron chi connectivity index (χ4n) is 2.27. The van der Waals surface area contributed by atoms with Crippen molar-refractivity contribution in [2.45, 2.75) is 26.7 Å². The van der Waals surface area contributed by atoms with E-state index < -0.39 is 5.41 Å². The zero-order valence-corrected chi connectivity index (χ0v) is 12.1. The molecule has 1 aliphatic rings. The molecule has 0 aliphatic carbocycles. The molecule has 0 bridgehead atoms. The summed E-state index contributed by atoms with van der Waals surface area (Å²) in [6, 6.07) is 4.74. The number of amides is 1. The van der Waals surface area contributed by atoms with Crippen LogP contribution in [-0.2, 0) is 4.79 Å². The van der Waals surface area contributed by atoms with Gasteiger partial charge in [0.1, 0.15) is 5.82 Å². The van der Waals surface area contributed by atoms with E-state index in [0.29, 0.717) is 17.8 Å². The molecular weight excluding hydrogens is 267 g/mol. The van der Waals surface area contributed by atoms with Crippen LogP contribution in [0.2, 0.25) is 0 Å². The van der Waals surface area contributed by atoms with Gasteiger partial charge in [-0.05, 0) is 45.4 Å². The highest BCUT2D eigenvalue weighted by Crippen LogP contribution is 2.28. The van der Waals surface area contributed by atoms with Gasteiger partial charge in [0, 0.05) is 17.8 Å². The lowest BCUT2D eigenvalue weighted by atomic mass is 9.82. The predicted molar refractivity (Wildman–Crippen MR) is 77.2 cm³/mol. The van der Waals surface area contributed by atoms with Gasteiger partial charge in [-0.3, -0.25) is 4.79 Å². The summed E-state index contributed by atoms with van der Waals surface area (Å²) >= 11 is 0. The van der Waals surface area contributed by atoms with Gasteiger partial charge >= 0.3 is 0 Å². The van der Waals surface area contributed by atoms with Gasteiger partial charge in [-0.25, -0.2) is 4.39 Å². The van der Waals surface area contributed by atoms with E-state index in [2.05, 4.69) is 10.6 Å². The third kappa shape index (κ3) is 3.45. The van der Waals surface area contributed by atoms with E-state index in [1.165, 1.54) is 6.07 Å². The summed E-state index contributed by atoms with van der Waals surface area (Å²) in [6.45, 7) is 5.25. The van der Waals surface area contributed by atoms with Crippen molar-refractivity contribution in [2.24, 2.45) is 5.41 Å². The summed E-state index contributed by atoms with van der Waals surface area (Å²) in [5.41, 5.74) is 0.641. The van der Waals surface area contributed by atoms with Gasteiger partial charge < -0.3 is 10.6 Å². The van der Waals surface area contributed by atoms with Crippen LogP contribution in [0.15, 0.2) is 18.2 Å². The molecule has 3 nitrogen and oxygen atoms in total. The number of halogens is 2.